The highest BCUT2D eigenvalue weighted by molar-refractivity contribution is 6.30. The van der Waals surface area contributed by atoms with Crippen molar-refractivity contribution in [2.45, 2.75) is 26.3 Å². The Balaban J connectivity index is 0.00000261. The minimum Gasteiger partial charge on any atom is -0.339 e. The Morgan fingerprint density at radius 1 is 1.07 bits per heavy atom. The molecule has 1 amide bonds. The van der Waals surface area contributed by atoms with E-state index in [1.54, 1.807) is 0 Å². The molecule has 0 aromatic heterocycles. The minimum absolute atomic E-state index is 0. The van der Waals surface area contributed by atoms with Crippen molar-refractivity contribution in [2.75, 3.05) is 26.2 Å². The van der Waals surface area contributed by atoms with Crippen LogP contribution >= 0.6 is 24.0 Å². The molecule has 0 N–H and O–H groups in total. The minimum atomic E-state index is 0. The topological polar surface area (TPSA) is 23.6 Å². The molecule has 1 saturated heterocycles. The van der Waals surface area contributed by atoms with Crippen LogP contribution in [0.5, 0.6) is 0 Å². The van der Waals surface area contributed by atoms with Crippen molar-refractivity contribution in [3.8, 4) is 0 Å². The van der Waals surface area contributed by atoms with Gasteiger partial charge in [-0.25, -0.2) is 0 Å². The third-order valence-corrected chi connectivity index (χ3v) is 5.45. The molecule has 1 aliphatic heterocycles. The molecule has 0 saturated carbocycles. The van der Waals surface area contributed by atoms with Crippen molar-refractivity contribution >= 4 is 29.9 Å². The monoisotopic (exact) mass is 406 g/mol. The Morgan fingerprint density at radius 2 is 1.70 bits per heavy atom. The first-order valence-corrected chi connectivity index (χ1v) is 9.84. The van der Waals surface area contributed by atoms with E-state index >= 15 is 0 Å². The second-order valence-electron chi connectivity index (χ2n) is 7.06. The molecule has 0 atom stereocenters. The summed E-state index contributed by atoms with van der Waals surface area (Å²) >= 11 is 5.96. The van der Waals surface area contributed by atoms with E-state index in [4.69, 9.17) is 11.6 Å². The largest absolute Gasteiger partial charge is 0.339 e. The van der Waals surface area contributed by atoms with E-state index in [0.717, 1.165) is 56.2 Å². The molecule has 1 aliphatic rings. The number of piperidine rings is 1. The molecule has 27 heavy (non-hydrogen) atoms. The number of benzene rings is 2. The summed E-state index contributed by atoms with van der Waals surface area (Å²) < 4.78 is 0. The number of hydrogen-bond donors (Lipinski definition) is 0. The van der Waals surface area contributed by atoms with Gasteiger partial charge in [0.25, 0.3) is 5.91 Å². The molecule has 5 heteroatoms. The third-order valence-electron chi connectivity index (χ3n) is 5.19. The van der Waals surface area contributed by atoms with E-state index in [0.29, 0.717) is 5.92 Å². The van der Waals surface area contributed by atoms with Crippen LogP contribution < -0.4 is 0 Å². The van der Waals surface area contributed by atoms with Crippen molar-refractivity contribution in [1.29, 1.82) is 0 Å². The Labute approximate surface area is 173 Å². The van der Waals surface area contributed by atoms with Gasteiger partial charge in [0.1, 0.15) is 0 Å². The van der Waals surface area contributed by atoms with E-state index in [-0.39, 0.29) is 18.3 Å². The van der Waals surface area contributed by atoms with Gasteiger partial charge in [-0.1, -0.05) is 41.9 Å². The van der Waals surface area contributed by atoms with Gasteiger partial charge in [0.05, 0.1) is 0 Å². The van der Waals surface area contributed by atoms with Crippen molar-refractivity contribution < 1.29 is 4.79 Å². The molecule has 0 unspecified atom stereocenters. The maximum Gasteiger partial charge on any atom is 0.253 e. The number of likely N-dealkylation sites (tertiary alicyclic amines) is 1. The summed E-state index contributed by atoms with van der Waals surface area (Å²) in [5.41, 5.74) is 2.09. The van der Waals surface area contributed by atoms with Crippen LogP contribution in [0, 0.1) is 5.92 Å². The maximum absolute atomic E-state index is 12.7. The van der Waals surface area contributed by atoms with Gasteiger partial charge in [0.2, 0.25) is 0 Å². The van der Waals surface area contributed by atoms with Crippen molar-refractivity contribution in [3.05, 3.63) is 70.7 Å². The number of hydrogen-bond acceptors (Lipinski definition) is 2. The highest BCUT2D eigenvalue weighted by Gasteiger charge is 2.23. The van der Waals surface area contributed by atoms with Crippen LogP contribution in [0.25, 0.3) is 0 Å². The molecule has 3 nitrogen and oxygen atoms in total. The van der Waals surface area contributed by atoms with E-state index in [1.165, 1.54) is 5.56 Å². The lowest BCUT2D eigenvalue weighted by Crippen LogP contribution is -2.40. The predicted octanol–water partition coefficient (Wildman–Crippen LogP) is 5.14. The van der Waals surface area contributed by atoms with Crippen LogP contribution in [0.2, 0.25) is 5.02 Å². The number of carbonyl (C=O) groups excluding carboxylic acids is 1. The molecule has 2 aromatic rings. The quantitative estimate of drug-likeness (QED) is 0.662. The van der Waals surface area contributed by atoms with Crippen LogP contribution in [0.15, 0.2) is 54.6 Å². The lowest BCUT2D eigenvalue weighted by atomic mass is 9.95. The zero-order chi connectivity index (χ0) is 18.4. The zero-order valence-corrected chi connectivity index (χ0v) is 17.4. The summed E-state index contributed by atoms with van der Waals surface area (Å²) in [5.74, 6) is 0.737. The number of rotatable bonds is 6. The molecule has 146 valence electrons. The second-order valence-corrected chi connectivity index (χ2v) is 7.49. The summed E-state index contributed by atoms with van der Waals surface area (Å²) in [6, 6.07) is 17.7. The van der Waals surface area contributed by atoms with Gasteiger partial charge in [-0.3, -0.25) is 9.69 Å². The Bertz CT molecular complexity index is 698. The van der Waals surface area contributed by atoms with Crippen molar-refractivity contribution in [3.63, 3.8) is 0 Å². The molecular formula is C22H28Cl2N2O. The first-order chi connectivity index (χ1) is 12.7. The Morgan fingerprint density at radius 3 is 2.30 bits per heavy atom. The zero-order valence-electron chi connectivity index (χ0n) is 15.8. The van der Waals surface area contributed by atoms with Gasteiger partial charge in [0.15, 0.2) is 0 Å². The number of nitrogens with zero attached hydrogens (tertiary/aromatic N) is 2. The van der Waals surface area contributed by atoms with Gasteiger partial charge in [-0.05, 0) is 68.6 Å². The molecule has 2 aromatic carbocycles. The summed E-state index contributed by atoms with van der Waals surface area (Å²) in [6.07, 6.45) is 2.29. The summed E-state index contributed by atoms with van der Waals surface area (Å²) in [5, 5.41) is 0.787. The molecule has 3 rings (SSSR count). The lowest BCUT2D eigenvalue weighted by molar-refractivity contribution is 0.0698. The average Bonchev–Trinajstić information content (AvgIpc) is 2.69. The summed E-state index contributed by atoms with van der Waals surface area (Å²) in [7, 11) is 0. The molecule has 0 bridgehead atoms. The van der Waals surface area contributed by atoms with Crippen LogP contribution in [-0.4, -0.2) is 41.9 Å². The second kappa shape index (κ2) is 10.7. The van der Waals surface area contributed by atoms with Gasteiger partial charge < -0.3 is 4.90 Å². The normalized spacial score (nSPS) is 15.2. The van der Waals surface area contributed by atoms with Crippen LogP contribution in [0.1, 0.15) is 35.7 Å². The molecular weight excluding hydrogens is 379 g/mol. The van der Waals surface area contributed by atoms with Gasteiger partial charge in [0, 0.05) is 30.2 Å². The lowest BCUT2D eigenvalue weighted by Gasteiger charge is -2.34. The van der Waals surface area contributed by atoms with Gasteiger partial charge in [-0.2, -0.15) is 0 Å². The fraction of sp³-hybridized carbons (Fsp3) is 0.409. The predicted molar refractivity (Wildman–Crippen MR) is 115 cm³/mol. The Kier molecular flexibility index (Phi) is 8.62. The first kappa shape index (κ1) is 21.7. The highest BCUT2D eigenvalue weighted by Crippen LogP contribution is 2.21. The molecule has 0 spiro atoms. The van der Waals surface area contributed by atoms with Crippen molar-refractivity contribution in [2.24, 2.45) is 5.92 Å². The van der Waals surface area contributed by atoms with Crippen molar-refractivity contribution in [1.82, 2.24) is 9.80 Å². The van der Waals surface area contributed by atoms with Crippen LogP contribution in [0.4, 0.5) is 0 Å². The number of halogens is 2. The molecule has 1 heterocycles. The Hall–Kier alpha value is -1.55. The molecule has 0 radical (unpaired) electrons. The molecule has 0 aliphatic carbocycles. The van der Waals surface area contributed by atoms with E-state index in [1.807, 2.05) is 47.4 Å². The maximum atomic E-state index is 12.7. The number of carbonyl (C=O) groups is 1. The molecule has 1 fully saturated rings. The van der Waals surface area contributed by atoms with E-state index in [2.05, 4.69) is 24.0 Å². The van der Waals surface area contributed by atoms with E-state index < -0.39 is 0 Å². The third kappa shape index (κ3) is 6.24. The summed E-state index contributed by atoms with van der Waals surface area (Å²) in [4.78, 5) is 17.2. The number of amides is 1. The van der Waals surface area contributed by atoms with E-state index in [9.17, 15) is 4.79 Å². The fourth-order valence-electron chi connectivity index (χ4n) is 3.61. The van der Waals surface area contributed by atoms with Gasteiger partial charge >= 0.3 is 0 Å². The average molecular weight is 407 g/mol. The van der Waals surface area contributed by atoms with Crippen LogP contribution in [0.3, 0.4) is 0 Å². The SMILES string of the molecule is CCN(CC1CCN(Cc2ccc(Cl)cc2)CC1)C(=O)c1ccccc1.Cl. The summed E-state index contributed by atoms with van der Waals surface area (Å²) in [6.45, 7) is 6.84. The highest BCUT2D eigenvalue weighted by atomic mass is 35.5. The van der Waals surface area contributed by atoms with Gasteiger partial charge in [-0.15, -0.1) is 12.4 Å². The fourth-order valence-corrected chi connectivity index (χ4v) is 3.73. The standard InChI is InChI=1S/C22H27ClN2O.ClH/c1-2-25(22(26)20-6-4-3-5-7-20)17-19-12-14-24(15-13-19)16-18-8-10-21(23)11-9-18;/h3-11,19H,2,12-17H2,1H3;1H. The van der Waals surface area contributed by atoms with Crippen LogP contribution in [-0.2, 0) is 6.54 Å². The first-order valence-electron chi connectivity index (χ1n) is 9.47. The smallest absolute Gasteiger partial charge is 0.253 e.